The third-order valence-electron chi connectivity index (χ3n) is 4.02. The number of thiophene rings is 1. The van der Waals surface area contributed by atoms with Crippen molar-refractivity contribution in [3.8, 4) is 0 Å². The van der Waals surface area contributed by atoms with Crippen LogP contribution in [-0.2, 0) is 0 Å². The van der Waals surface area contributed by atoms with Crippen LogP contribution in [0.1, 0.15) is 30.7 Å². The van der Waals surface area contributed by atoms with Crippen LogP contribution in [0.3, 0.4) is 0 Å². The molecule has 3 nitrogen and oxygen atoms in total. The van der Waals surface area contributed by atoms with Gasteiger partial charge in [-0.2, -0.15) is 0 Å². The molecule has 2 N–H and O–H groups in total. The highest BCUT2D eigenvalue weighted by molar-refractivity contribution is 7.10. The van der Waals surface area contributed by atoms with Crippen LogP contribution in [0.2, 0.25) is 0 Å². The Morgan fingerprint density at radius 3 is 2.78 bits per heavy atom. The van der Waals surface area contributed by atoms with Crippen LogP contribution in [-0.4, -0.2) is 49.1 Å². The van der Waals surface area contributed by atoms with Crippen molar-refractivity contribution in [2.45, 2.75) is 31.8 Å². The molecule has 1 aliphatic rings. The molecule has 18 heavy (non-hydrogen) atoms. The Hall–Kier alpha value is -0.420. The zero-order chi connectivity index (χ0) is 13.0. The van der Waals surface area contributed by atoms with Crippen LogP contribution in [0.15, 0.2) is 17.5 Å². The number of hydrogen-bond acceptors (Lipinski definition) is 4. The summed E-state index contributed by atoms with van der Waals surface area (Å²) in [5.74, 6) is 0. The highest BCUT2D eigenvalue weighted by Crippen LogP contribution is 2.21. The van der Waals surface area contributed by atoms with E-state index in [1.807, 2.05) is 0 Å². The fourth-order valence-electron chi connectivity index (χ4n) is 2.73. The SMILES string of the molecule is CCN1CCC(N(C)CC(N)c2cccs2)CC1. The standard InChI is InChI=1S/C14H25N3S/c1-3-17-8-6-12(7-9-17)16(2)11-13(15)14-5-4-10-18-14/h4-5,10,12-13H,3,6-9,11,15H2,1-2H3. The maximum Gasteiger partial charge on any atom is 0.0519 e. The molecule has 1 aromatic heterocycles. The van der Waals surface area contributed by atoms with E-state index >= 15 is 0 Å². The second kappa shape index (κ2) is 6.66. The molecule has 1 aromatic rings. The van der Waals surface area contributed by atoms with Gasteiger partial charge in [0.1, 0.15) is 0 Å². The minimum atomic E-state index is 0.166. The summed E-state index contributed by atoms with van der Waals surface area (Å²) in [5.41, 5.74) is 6.26. The van der Waals surface area contributed by atoms with Crippen LogP contribution in [0.4, 0.5) is 0 Å². The van der Waals surface area contributed by atoms with E-state index in [4.69, 9.17) is 5.73 Å². The highest BCUT2D eigenvalue weighted by Gasteiger charge is 2.23. The van der Waals surface area contributed by atoms with E-state index in [2.05, 4.69) is 41.3 Å². The van der Waals surface area contributed by atoms with Crippen molar-refractivity contribution in [2.24, 2.45) is 5.73 Å². The summed E-state index contributed by atoms with van der Waals surface area (Å²) in [6.45, 7) is 6.87. The molecule has 1 unspecified atom stereocenters. The van der Waals surface area contributed by atoms with Gasteiger partial charge in [-0.25, -0.2) is 0 Å². The third-order valence-corrected chi connectivity index (χ3v) is 5.03. The molecule has 1 atom stereocenters. The first-order chi connectivity index (χ1) is 8.70. The van der Waals surface area contributed by atoms with E-state index in [1.54, 1.807) is 11.3 Å². The zero-order valence-electron chi connectivity index (χ0n) is 11.5. The Bertz CT molecular complexity index is 331. The molecule has 0 saturated carbocycles. The highest BCUT2D eigenvalue weighted by atomic mass is 32.1. The number of piperidine rings is 1. The molecule has 102 valence electrons. The molecule has 0 aliphatic carbocycles. The molecule has 2 rings (SSSR count). The number of likely N-dealkylation sites (tertiary alicyclic amines) is 1. The minimum absolute atomic E-state index is 0.166. The lowest BCUT2D eigenvalue weighted by atomic mass is 10.0. The van der Waals surface area contributed by atoms with Crippen molar-refractivity contribution in [2.75, 3.05) is 33.2 Å². The van der Waals surface area contributed by atoms with Gasteiger partial charge >= 0.3 is 0 Å². The molecular formula is C14H25N3S. The van der Waals surface area contributed by atoms with Crippen LogP contribution in [0.5, 0.6) is 0 Å². The molecular weight excluding hydrogens is 242 g/mol. The monoisotopic (exact) mass is 267 g/mol. The van der Waals surface area contributed by atoms with E-state index in [9.17, 15) is 0 Å². The van der Waals surface area contributed by atoms with Crippen LogP contribution < -0.4 is 5.73 Å². The van der Waals surface area contributed by atoms with Gasteiger partial charge in [-0.1, -0.05) is 13.0 Å². The van der Waals surface area contributed by atoms with E-state index in [0.717, 1.165) is 6.54 Å². The van der Waals surface area contributed by atoms with E-state index < -0.39 is 0 Å². The Morgan fingerprint density at radius 2 is 2.22 bits per heavy atom. The van der Waals surface area contributed by atoms with Crippen molar-refractivity contribution >= 4 is 11.3 Å². The Balaban J connectivity index is 1.80. The fourth-order valence-corrected chi connectivity index (χ4v) is 3.45. The molecule has 0 amide bonds. The van der Waals surface area contributed by atoms with Gasteiger partial charge in [0.15, 0.2) is 0 Å². The summed E-state index contributed by atoms with van der Waals surface area (Å²) in [5, 5.41) is 2.11. The number of likely N-dealkylation sites (N-methyl/N-ethyl adjacent to an activating group) is 1. The second-order valence-corrected chi connectivity index (χ2v) is 6.21. The van der Waals surface area contributed by atoms with Crippen LogP contribution in [0.25, 0.3) is 0 Å². The van der Waals surface area contributed by atoms with E-state index in [-0.39, 0.29) is 6.04 Å². The first-order valence-corrected chi connectivity index (χ1v) is 7.80. The first kappa shape index (κ1) is 14.0. The largest absolute Gasteiger partial charge is 0.322 e. The quantitative estimate of drug-likeness (QED) is 0.887. The minimum Gasteiger partial charge on any atom is -0.322 e. The van der Waals surface area contributed by atoms with Gasteiger partial charge in [-0.3, -0.25) is 0 Å². The second-order valence-electron chi connectivity index (χ2n) is 5.23. The van der Waals surface area contributed by atoms with E-state index in [1.165, 1.54) is 37.4 Å². The normalized spacial score (nSPS) is 20.4. The molecule has 0 aromatic carbocycles. The molecule has 1 saturated heterocycles. The van der Waals surface area contributed by atoms with Gasteiger partial charge in [-0.15, -0.1) is 11.3 Å². The van der Waals surface area contributed by atoms with Gasteiger partial charge in [0, 0.05) is 17.5 Å². The summed E-state index contributed by atoms with van der Waals surface area (Å²) in [6.07, 6.45) is 2.56. The third kappa shape index (κ3) is 3.54. The fraction of sp³-hybridized carbons (Fsp3) is 0.714. The maximum atomic E-state index is 6.26. The lowest BCUT2D eigenvalue weighted by Crippen LogP contribution is -2.45. The molecule has 0 spiro atoms. The molecule has 1 fully saturated rings. The smallest absolute Gasteiger partial charge is 0.0519 e. The Kier molecular flexibility index (Phi) is 5.18. The molecule has 1 aliphatic heterocycles. The van der Waals surface area contributed by atoms with Crippen molar-refractivity contribution in [3.63, 3.8) is 0 Å². The number of nitrogens with zero attached hydrogens (tertiary/aromatic N) is 2. The topological polar surface area (TPSA) is 32.5 Å². The Morgan fingerprint density at radius 1 is 1.50 bits per heavy atom. The zero-order valence-corrected chi connectivity index (χ0v) is 12.3. The number of nitrogens with two attached hydrogens (primary N) is 1. The predicted molar refractivity (Wildman–Crippen MR) is 79.0 cm³/mol. The summed E-state index contributed by atoms with van der Waals surface area (Å²) in [6, 6.07) is 5.10. The predicted octanol–water partition coefficient (Wildman–Crippen LogP) is 2.16. The van der Waals surface area contributed by atoms with Crippen LogP contribution >= 0.6 is 11.3 Å². The maximum absolute atomic E-state index is 6.26. The van der Waals surface area contributed by atoms with Crippen molar-refractivity contribution < 1.29 is 0 Å². The van der Waals surface area contributed by atoms with Gasteiger partial charge in [-0.05, 0) is 51.0 Å². The first-order valence-electron chi connectivity index (χ1n) is 6.92. The lowest BCUT2D eigenvalue weighted by Gasteiger charge is -2.37. The van der Waals surface area contributed by atoms with E-state index in [0.29, 0.717) is 6.04 Å². The number of hydrogen-bond donors (Lipinski definition) is 1. The number of rotatable bonds is 5. The van der Waals surface area contributed by atoms with Crippen molar-refractivity contribution in [3.05, 3.63) is 22.4 Å². The summed E-state index contributed by atoms with van der Waals surface area (Å²) in [7, 11) is 2.22. The van der Waals surface area contributed by atoms with Gasteiger partial charge in [0.2, 0.25) is 0 Å². The van der Waals surface area contributed by atoms with Crippen molar-refractivity contribution in [1.82, 2.24) is 9.80 Å². The lowest BCUT2D eigenvalue weighted by molar-refractivity contribution is 0.127. The van der Waals surface area contributed by atoms with Gasteiger partial charge in [0.25, 0.3) is 0 Å². The molecule has 4 heteroatoms. The van der Waals surface area contributed by atoms with Crippen molar-refractivity contribution in [1.29, 1.82) is 0 Å². The van der Waals surface area contributed by atoms with Gasteiger partial charge < -0.3 is 15.5 Å². The molecule has 0 radical (unpaired) electrons. The average Bonchev–Trinajstić information content (AvgIpc) is 2.92. The summed E-state index contributed by atoms with van der Waals surface area (Å²) in [4.78, 5) is 6.29. The molecule has 0 bridgehead atoms. The van der Waals surface area contributed by atoms with Crippen LogP contribution in [0, 0.1) is 0 Å². The Labute approximate surface area is 115 Å². The molecule has 2 heterocycles. The average molecular weight is 267 g/mol. The summed E-state index contributed by atoms with van der Waals surface area (Å²) < 4.78 is 0. The summed E-state index contributed by atoms with van der Waals surface area (Å²) >= 11 is 1.76. The van der Waals surface area contributed by atoms with Gasteiger partial charge in [0.05, 0.1) is 6.04 Å².